The fraction of sp³-hybridized carbons (Fsp3) is 0.167. The van der Waals surface area contributed by atoms with Crippen LogP contribution in [0.1, 0.15) is 5.82 Å². The van der Waals surface area contributed by atoms with Gasteiger partial charge < -0.3 is 9.63 Å². The summed E-state index contributed by atoms with van der Waals surface area (Å²) in [6, 6.07) is 1.70. The van der Waals surface area contributed by atoms with Crippen LogP contribution in [0.4, 0.5) is 0 Å². The van der Waals surface area contributed by atoms with Crippen molar-refractivity contribution in [2.45, 2.75) is 6.61 Å². The standard InChI is InChI=1S/C6H6N4O2/c11-3-5-8-6(12-10-5)4-1-2-7-9-4/h1-2,11H,3H2,(H,7,9). The molecule has 2 aromatic rings. The van der Waals surface area contributed by atoms with Crippen molar-refractivity contribution in [3.63, 3.8) is 0 Å². The molecule has 0 amide bonds. The van der Waals surface area contributed by atoms with E-state index >= 15 is 0 Å². The Bertz CT molecular complexity index is 353. The van der Waals surface area contributed by atoms with E-state index in [9.17, 15) is 0 Å². The van der Waals surface area contributed by atoms with Gasteiger partial charge in [-0.2, -0.15) is 10.1 Å². The zero-order valence-electron chi connectivity index (χ0n) is 6.06. The lowest BCUT2D eigenvalue weighted by Gasteiger charge is -1.82. The number of rotatable bonds is 2. The van der Waals surface area contributed by atoms with Crippen LogP contribution in [-0.2, 0) is 6.61 Å². The van der Waals surface area contributed by atoms with E-state index in [-0.39, 0.29) is 12.4 Å². The Labute approximate surface area is 67.2 Å². The molecule has 6 nitrogen and oxygen atoms in total. The van der Waals surface area contributed by atoms with E-state index in [1.54, 1.807) is 12.3 Å². The van der Waals surface area contributed by atoms with Crippen LogP contribution in [0.15, 0.2) is 16.8 Å². The molecule has 2 N–H and O–H groups in total. The third kappa shape index (κ3) is 1.08. The zero-order valence-corrected chi connectivity index (χ0v) is 6.06. The van der Waals surface area contributed by atoms with Crippen molar-refractivity contribution in [2.24, 2.45) is 0 Å². The van der Waals surface area contributed by atoms with Gasteiger partial charge >= 0.3 is 0 Å². The molecule has 6 heteroatoms. The number of aromatic nitrogens is 4. The molecule has 0 atom stereocenters. The molecule has 2 rings (SSSR count). The first-order valence-electron chi connectivity index (χ1n) is 3.33. The molecule has 0 saturated heterocycles. The van der Waals surface area contributed by atoms with Gasteiger partial charge in [0.2, 0.25) is 0 Å². The summed E-state index contributed by atoms with van der Waals surface area (Å²) in [4.78, 5) is 3.87. The van der Waals surface area contributed by atoms with Gasteiger partial charge in [0.15, 0.2) is 5.82 Å². The smallest absolute Gasteiger partial charge is 0.276 e. The van der Waals surface area contributed by atoms with Crippen molar-refractivity contribution < 1.29 is 9.63 Å². The van der Waals surface area contributed by atoms with Crippen LogP contribution in [0.3, 0.4) is 0 Å². The van der Waals surface area contributed by atoms with Gasteiger partial charge in [-0.25, -0.2) is 0 Å². The fourth-order valence-corrected chi connectivity index (χ4v) is 0.803. The SMILES string of the molecule is OCc1noc(-c2ccn[nH]2)n1. The molecule has 0 aromatic carbocycles. The largest absolute Gasteiger partial charge is 0.388 e. The van der Waals surface area contributed by atoms with Gasteiger partial charge in [-0.3, -0.25) is 5.10 Å². The summed E-state index contributed by atoms with van der Waals surface area (Å²) < 4.78 is 4.81. The Morgan fingerprint density at radius 2 is 2.50 bits per heavy atom. The quantitative estimate of drug-likeness (QED) is 0.653. The average Bonchev–Trinajstić information content (AvgIpc) is 2.75. The third-order valence-corrected chi connectivity index (χ3v) is 1.34. The normalized spacial score (nSPS) is 10.4. The summed E-state index contributed by atoms with van der Waals surface area (Å²) in [5.74, 6) is 0.594. The molecular formula is C6H6N4O2. The summed E-state index contributed by atoms with van der Waals surface area (Å²) in [5, 5.41) is 18.5. The molecule has 0 aliphatic heterocycles. The van der Waals surface area contributed by atoms with E-state index in [1.807, 2.05) is 0 Å². The summed E-state index contributed by atoms with van der Waals surface area (Å²) in [7, 11) is 0. The molecule has 0 unspecified atom stereocenters. The second kappa shape index (κ2) is 2.74. The second-order valence-corrected chi connectivity index (χ2v) is 2.14. The van der Waals surface area contributed by atoms with Crippen molar-refractivity contribution in [3.8, 4) is 11.6 Å². The number of H-pyrrole nitrogens is 1. The highest BCUT2D eigenvalue weighted by atomic mass is 16.5. The maximum Gasteiger partial charge on any atom is 0.276 e. The van der Waals surface area contributed by atoms with Gasteiger partial charge in [0.25, 0.3) is 5.89 Å². The lowest BCUT2D eigenvalue weighted by atomic mass is 10.4. The highest BCUT2D eigenvalue weighted by Crippen LogP contribution is 2.12. The van der Waals surface area contributed by atoms with E-state index in [2.05, 4.69) is 20.3 Å². The van der Waals surface area contributed by atoms with Crippen LogP contribution in [0.5, 0.6) is 0 Å². The third-order valence-electron chi connectivity index (χ3n) is 1.34. The van der Waals surface area contributed by atoms with E-state index in [4.69, 9.17) is 9.63 Å². The first-order chi connectivity index (χ1) is 5.90. The Kier molecular flexibility index (Phi) is 1.60. The van der Waals surface area contributed by atoms with E-state index in [0.29, 0.717) is 11.6 Å². The highest BCUT2D eigenvalue weighted by molar-refractivity contribution is 5.44. The van der Waals surface area contributed by atoms with Crippen LogP contribution in [0.2, 0.25) is 0 Å². The van der Waals surface area contributed by atoms with E-state index in [0.717, 1.165) is 0 Å². The maximum absolute atomic E-state index is 8.64. The molecular weight excluding hydrogens is 160 g/mol. The number of hydrogen-bond acceptors (Lipinski definition) is 5. The van der Waals surface area contributed by atoms with Crippen molar-refractivity contribution in [1.82, 2.24) is 20.3 Å². The molecule has 2 aromatic heterocycles. The summed E-state index contributed by atoms with van der Waals surface area (Å²) >= 11 is 0. The van der Waals surface area contributed by atoms with Crippen LogP contribution in [0, 0.1) is 0 Å². The predicted molar refractivity (Wildman–Crippen MR) is 37.8 cm³/mol. The zero-order chi connectivity index (χ0) is 8.39. The van der Waals surface area contributed by atoms with E-state index < -0.39 is 0 Å². The van der Waals surface area contributed by atoms with Crippen LogP contribution in [0.25, 0.3) is 11.6 Å². The summed E-state index contributed by atoms with van der Waals surface area (Å²) in [6.45, 7) is -0.225. The number of hydrogen-bond donors (Lipinski definition) is 2. The fourth-order valence-electron chi connectivity index (χ4n) is 0.803. The van der Waals surface area contributed by atoms with Crippen LogP contribution < -0.4 is 0 Å². The molecule has 62 valence electrons. The number of aliphatic hydroxyl groups excluding tert-OH is 1. The number of aromatic amines is 1. The lowest BCUT2D eigenvalue weighted by Crippen LogP contribution is -1.84. The minimum Gasteiger partial charge on any atom is -0.388 e. The molecule has 0 spiro atoms. The van der Waals surface area contributed by atoms with Gasteiger partial charge in [0.05, 0.1) is 0 Å². The monoisotopic (exact) mass is 166 g/mol. The number of nitrogens with zero attached hydrogens (tertiary/aromatic N) is 3. The molecule has 2 heterocycles. The minimum atomic E-state index is -0.225. The van der Waals surface area contributed by atoms with Crippen molar-refractivity contribution in [2.75, 3.05) is 0 Å². The topological polar surface area (TPSA) is 87.8 Å². The summed E-state index contributed by atoms with van der Waals surface area (Å²) in [6.07, 6.45) is 1.58. The van der Waals surface area contributed by atoms with Gasteiger partial charge in [-0.1, -0.05) is 5.16 Å². The number of aliphatic hydroxyl groups is 1. The molecule has 0 saturated carbocycles. The Balaban J connectivity index is 2.35. The first kappa shape index (κ1) is 6.99. The Hall–Kier alpha value is -1.69. The molecule has 0 fully saturated rings. The van der Waals surface area contributed by atoms with Gasteiger partial charge in [0, 0.05) is 6.20 Å². The average molecular weight is 166 g/mol. The van der Waals surface area contributed by atoms with Gasteiger partial charge in [0.1, 0.15) is 12.3 Å². The molecule has 0 radical (unpaired) electrons. The maximum atomic E-state index is 8.64. The highest BCUT2D eigenvalue weighted by Gasteiger charge is 2.07. The van der Waals surface area contributed by atoms with E-state index in [1.165, 1.54) is 0 Å². The molecule has 12 heavy (non-hydrogen) atoms. The van der Waals surface area contributed by atoms with Crippen molar-refractivity contribution in [3.05, 3.63) is 18.1 Å². The predicted octanol–water partition coefficient (Wildman–Crippen LogP) is -0.0480. The Morgan fingerprint density at radius 1 is 1.58 bits per heavy atom. The number of nitrogens with one attached hydrogen (secondary N) is 1. The summed E-state index contributed by atoms with van der Waals surface area (Å²) in [5.41, 5.74) is 0.641. The Morgan fingerprint density at radius 3 is 3.08 bits per heavy atom. The minimum absolute atomic E-state index is 0.225. The van der Waals surface area contributed by atoms with Crippen molar-refractivity contribution >= 4 is 0 Å². The lowest BCUT2D eigenvalue weighted by molar-refractivity contribution is 0.264. The van der Waals surface area contributed by atoms with Crippen molar-refractivity contribution in [1.29, 1.82) is 0 Å². The molecule has 0 aliphatic rings. The van der Waals surface area contributed by atoms with Gasteiger partial charge in [-0.15, -0.1) is 0 Å². The molecule has 0 bridgehead atoms. The van der Waals surface area contributed by atoms with Gasteiger partial charge in [-0.05, 0) is 6.07 Å². The molecule has 0 aliphatic carbocycles. The van der Waals surface area contributed by atoms with Crippen LogP contribution in [-0.4, -0.2) is 25.4 Å². The first-order valence-corrected chi connectivity index (χ1v) is 3.33. The van der Waals surface area contributed by atoms with Crippen LogP contribution >= 0.6 is 0 Å². The second-order valence-electron chi connectivity index (χ2n) is 2.14.